The first kappa shape index (κ1) is 13.2. The molecule has 0 atom stereocenters. The van der Waals surface area contributed by atoms with Crippen LogP contribution in [0.2, 0.25) is 5.02 Å². The van der Waals surface area contributed by atoms with Gasteiger partial charge in [-0.15, -0.1) is 0 Å². The summed E-state index contributed by atoms with van der Waals surface area (Å²) in [5.74, 6) is 0. The van der Waals surface area contributed by atoms with Crippen LogP contribution in [0.15, 0.2) is 18.2 Å². The molecule has 1 aromatic carbocycles. The minimum absolute atomic E-state index is 0.445. The Bertz CT molecular complexity index is 445. The number of hydrogen-bond donors (Lipinski definition) is 2. The number of hydrogen-bond acceptors (Lipinski definition) is 3. The summed E-state index contributed by atoms with van der Waals surface area (Å²) in [6, 6.07) is 8.64. The van der Waals surface area contributed by atoms with E-state index in [1.54, 1.807) is 12.1 Å². The molecule has 0 unspecified atom stereocenters. The second-order valence-electron chi connectivity index (χ2n) is 4.78. The second kappa shape index (κ2) is 6.08. The van der Waals surface area contributed by atoms with Crippen LogP contribution in [0.1, 0.15) is 31.2 Å². The Labute approximate surface area is 113 Å². The number of nitrogens with one attached hydrogen (secondary N) is 2. The Morgan fingerprint density at radius 1 is 1.22 bits per heavy atom. The third kappa shape index (κ3) is 3.16. The molecule has 1 saturated carbocycles. The Morgan fingerprint density at radius 3 is 2.50 bits per heavy atom. The number of anilines is 1. The third-order valence-electron chi connectivity index (χ3n) is 3.60. The van der Waals surface area contributed by atoms with E-state index in [0.717, 1.165) is 18.5 Å². The van der Waals surface area contributed by atoms with Gasteiger partial charge in [0.1, 0.15) is 6.07 Å². The molecule has 96 valence electrons. The van der Waals surface area contributed by atoms with Crippen molar-refractivity contribution in [3.63, 3.8) is 0 Å². The molecule has 0 bridgehead atoms. The Morgan fingerprint density at radius 2 is 1.89 bits per heavy atom. The third-order valence-corrected chi connectivity index (χ3v) is 3.83. The van der Waals surface area contributed by atoms with Crippen molar-refractivity contribution in [1.82, 2.24) is 5.32 Å². The summed E-state index contributed by atoms with van der Waals surface area (Å²) < 4.78 is 0. The van der Waals surface area contributed by atoms with E-state index in [1.807, 2.05) is 13.1 Å². The van der Waals surface area contributed by atoms with Crippen LogP contribution in [0.3, 0.4) is 0 Å². The number of nitrogens with zero attached hydrogens (tertiary/aromatic N) is 1. The van der Waals surface area contributed by atoms with Gasteiger partial charge in [0.05, 0.1) is 11.3 Å². The van der Waals surface area contributed by atoms with Gasteiger partial charge in [-0.3, -0.25) is 0 Å². The molecule has 0 amide bonds. The maximum atomic E-state index is 9.08. The van der Waals surface area contributed by atoms with Gasteiger partial charge < -0.3 is 10.6 Å². The largest absolute Gasteiger partial charge is 0.381 e. The number of rotatable bonds is 3. The van der Waals surface area contributed by atoms with Crippen molar-refractivity contribution < 1.29 is 0 Å². The lowest BCUT2D eigenvalue weighted by molar-refractivity contribution is 0.371. The first-order valence-corrected chi connectivity index (χ1v) is 6.74. The van der Waals surface area contributed by atoms with E-state index in [0.29, 0.717) is 22.7 Å². The topological polar surface area (TPSA) is 47.8 Å². The fraction of sp³-hybridized carbons (Fsp3) is 0.500. The fourth-order valence-electron chi connectivity index (χ4n) is 2.48. The van der Waals surface area contributed by atoms with Crippen molar-refractivity contribution in [3.8, 4) is 6.07 Å². The van der Waals surface area contributed by atoms with Gasteiger partial charge in [0.25, 0.3) is 0 Å². The van der Waals surface area contributed by atoms with Gasteiger partial charge in [0.15, 0.2) is 0 Å². The monoisotopic (exact) mass is 263 g/mol. The van der Waals surface area contributed by atoms with Crippen LogP contribution in [0, 0.1) is 11.3 Å². The summed E-state index contributed by atoms with van der Waals surface area (Å²) in [7, 11) is 2.02. The van der Waals surface area contributed by atoms with Gasteiger partial charge in [0.2, 0.25) is 0 Å². The van der Waals surface area contributed by atoms with Crippen LogP contribution in [-0.2, 0) is 0 Å². The van der Waals surface area contributed by atoms with E-state index in [4.69, 9.17) is 16.9 Å². The van der Waals surface area contributed by atoms with E-state index in [-0.39, 0.29) is 0 Å². The van der Waals surface area contributed by atoms with Gasteiger partial charge in [-0.1, -0.05) is 11.6 Å². The van der Waals surface area contributed by atoms with Crippen molar-refractivity contribution in [2.45, 2.75) is 37.8 Å². The molecule has 0 radical (unpaired) electrons. The summed E-state index contributed by atoms with van der Waals surface area (Å²) in [6.07, 6.45) is 4.61. The zero-order valence-corrected chi connectivity index (χ0v) is 11.3. The Balaban J connectivity index is 2.02. The first-order valence-electron chi connectivity index (χ1n) is 6.36. The van der Waals surface area contributed by atoms with Gasteiger partial charge >= 0.3 is 0 Å². The zero-order valence-electron chi connectivity index (χ0n) is 10.5. The first-order chi connectivity index (χ1) is 8.72. The molecule has 0 aromatic heterocycles. The zero-order chi connectivity index (χ0) is 13.0. The summed E-state index contributed by atoms with van der Waals surface area (Å²) in [4.78, 5) is 0. The van der Waals surface area contributed by atoms with Crippen LogP contribution >= 0.6 is 11.6 Å². The highest BCUT2D eigenvalue weighted by Crippen LogP contribution is 2.26. The normalized spacial score (nSPS) is 23.4. The summed E-state index contributed by atoms with van der Waals surface area (Å²) in [5, 5.41) is 16.5. The summed E-state index contributed by atoms with van der Waals surface area (Å²) in [6.45, 7) is 0. The van der Waals surface area contributed by atoms with E-state index in [1.165, 1.54) is 12.8 Å². The Hall–Kier alpha value is -1.24. The van der Waals surface area contributed by atoms with E-state index >= 15 is 0 Å². The van der Waals surface area contributed by atoms with E-state index in [9.17, 15) is 0 Å². The molecule has 1 aliphatic carbocycles. The van der Waals surface area contributed by atoms with Gasteiger partial charge in [0, 0.05) is 17.1 Å². The predicted molar refractivity (Wildman–Crippen MR) is 74.9 cm³/mol. The molecule has 2 N–H and O–H groups in total. The molecule has 4 heteroatoms. The second-order valence-corrected chi connectivity index (χ2v) is 5.22. The molecule has 3 nitrogen and oxygen atoms in total. The predicted octanol–water partition coefficient (Wildman–Crippen LogP) is 3.15. The molecule has 1 aromatic rings. The number of halogens is 1. The molecule has 1 aliphatic rings. The lowest BCUT2D eigenvalue weighted by atomic mass is 9.91. The lowest BCUT2D eigenvalue weighted by Crippen LogP contribution is -2.35. The minimum Gasteiger partial charge on any atom is -0.381 e. The summed E-state index contributed by atoms with van der Waals surface area (Å²) in [5.41, 5.74) is 1.52. The molecule has 0 heterocycles. The molecule has 0 spiro atoms. The smallest absolute Gasteiger partial charge is 0.101 e. The van der Waals surface area contributed by atoms with Crippen LogP contribution in [-0.4, -0.2) is 19.1 Å². The number of benzene rings is 1. The fourth-order valence-corrected chi connectivity index (χ4v) is 2.65. The van der Waals surface area contributed by atoms with Gasteiger partial charge in [-0.05, 0) is 50.9 Å². The average Bonchev–Trinajstić information content (AvgIpc) is 2.40. The van der Waals surface area contributed by atoms with Crippen molar-refractivity contribution in [2.75, 3.05) is 12.4 Å². The van der Waals surface area contributed by atoms with Crippen LogP contribution in [0.4, 0.5) is 5.69 Å². The highest BCUT2D eigenvalue weighted by Gasteiger charge is 2.20. The SMILES string of the molecule is CNC1CCC(Nc2cc(Cl)ccc2C#N)CC1. The molecule has 0 saturated heterocycles. The van der Waals surface area contributed by atoms with Crippen LogP contribution < -0.4 is 10.6 Å². The van der Waals surface area contributed by atoms with Gasteiger partial charge in [-0.2, -0.15) is 5.26 Å². The Kier molecular flexibility index (Phi) is 4.46. The number of nitriles is 1. The summed E-state index contributed by atoms with van der Waals surface area (Å²) >= 11 is 5.98. The quantitative estimate of drug-likeness (QED) is 0.881. The molecule has 0 aliphatic heterocycles. The lowest BCUT2D eigenvalue weighted by Gasteiger charge is -2.29. The standard InChI is InChI=1S/C14H18ClN3/c1-17-12-4-6-13(7-5-12)18-14-8-11(15)3-2-10(14)9-16/h2-3,8,12-13,17-18H,4-7H2,1H3. The maximum absolute atomic E-state index is 9.08. The van der Waals surface area contributed by atoms with Crippen molar-refractivity contribution in [3.05, 3.63) is 28.8 Å². The average molecular weight is 264 g/mol. The van der Waals surface area contributed by atoms with Crippen LogP contribution in [0.5, 0.6) is 0 Å². The minimum atomic E-state index is 0.445. The van der Waals surface area contributed by atoms with Crippen LogP contribution in [0.25, 0.3) is 0 Å². The molecule has 2 rings (SSSR count). The molecule has 18 heavy (non-hydrogen) atoms. The van der Waals surface area contributed by atoms with Crippen molar-refractivity contribution in [2.24, 2.45) is 0 Å². The van der Waals surface area contributed by atoms with E-state index < -0.39 is 0 Å². The highest BCUT2D eigenvalue weighted by molar-refractivity contribution is 6.30. The maximum Gasteiger partial charge on any atom is 0.101 e. The molecular formula is C14H18ClN3. The molecular weight excluding hydrogens is 246 g/mol. The highest BCUT2D eigenvalue weighted by atomic mass is 35.5. The van der Waals surface area contributed by atoms with E-state index in [2.05, 4.69) is 16.7 Å². The van der Waals surface area contributed by atoms with Crippen molar-refractivity contribution >= 4 is 17.3 Å². The van der Waals surface area contributed by atoms with Crippen molar-refractivity contribution in [1.29, 1.82) is 5.26 Å². The van der Waals surface area contributed by atoms with Gasteiger partial charge in [-0.25, -0.2) is 0 Å². The molecule has 1 fully saturated rings.